The lowest BCUT2D eigenvalue weighted by atomic mass is 9.88. The third kappa shape index (κ3) is 6.44. The molecule has 2 aromatic carbocycles. The fourth-order valence-corrected chi connectivity index (χ4v) is 5.59. The first-order valence-corrected chi connectivity index (χ1v) is 12.9. The van der Waals surface area contributed by atoms with Gasteiger partial charge in [-0.25, -0.2) is 4.79 Å². The maximum atomic E-state index is 13.2. The fraction of sp³-hybridized carbons (Fsp3) is 0.269. The Kier molecular flexibility index (Phi) is 8.30. The topological polar surface area (TPSA) is 171 Å². The van der Waals surface area contributed by atoms with Gasteiger partial charge in [-0.2, -0.15) is 0 Å². The van der Waals surface area contributed by atoms with Crippen LogP contribution in [0.4, 0.5) is 16.4 Å². The number of ether oxygens (including phenoxy) is 1. The van der Waals surface area contributed by atoms with Crippen molar-refractivity contribution in [3.8, 4) is 0 Å². The van der Waals surface area contributed by atoms with Gasteiger partial charge in [0.05, 0.1) is 27.5 Å². The van der Waals surface area contributed by atoms with Crippen LogP contribution in [0.25, 0.3) is 0 Å². The molecule has 1 heterocycles. The highest BCUT2D eigenvalue weighted by molar-refractivity contribution is 7.17. The lowest BCUT2D eigenvalue weighted by Crippen LogP contribution is -2.29. The summed E-state index contributed by atoms with van der Waals surface area (Å²) in [6.45, 7) is 2.00. The first-order chi connectivity index (χ1) is 18.6. The van der Waals surface area contributed by atoms with Gasteiger partial charge in [0, 0.05) is 34.7 Å². The summed E-state index contributed by atoms with van der Waals surface area (Å²) in [4.78, 5) is 59.8. The number of carbonyl (C=O) groups excluding carboxylic acids is 3. The fourth-order valence-electron chi connectivity index (χ4n) is 4.19. The number of thiophene rings is 1. The highest BCUT2D eigenvalue weighted by Gasteiger charge is 2.28. The number of amides is 2. The van der Waals surface area contributed by atoms with Crippen molar-refractivity contribution in [2.24, 2.45) is 5.92 Å². The second-order valence-corrected chi connectivity index (χ2v) is 10.1. The number of fused-ring (bicyclic) bond motifs is 1. The number of nitrogens with zero attached hydrogens (tertiary/aromatic N) is 2. The Balaban J connectivity index is 1.42. The smallest absolute Gasteiger partial charge is 0.338 e. The average Bonchev–Trinajstić information content (AvgIpc) is 3.27. The monoisotopic (exact) mass is 552 g/mol. The number of non-ortho nitro benzene ring substituents is 2. The maximum absolute atomic E-state index is 13.2. The third-order valence-electron chi connectivity index (χ3n) is 6.24. The first-order valence-electron chi connectivity index (χ1n) is 12.0. The van der Waals surface area contributed by atoms with Crippen LogP contribution >= 0.6 is 11.3 Å². The number of anilines is 1. The van der Waals surface area contributed by atoms with Gasteiger partial charge >= 0.3 is 5.97 Å². The zero-order chi connectivity index (χ0) is 28.1. The number of nitrogens with one attached hydrogen (secondary N) is 2. The molecule has 0 bridgehead atoms. The second kappa shape index (κ2) is 11.8. The Morgan fingerprint density at radius 1 is 0.949 bits per heavy atom. The van der Waals surface area contributed by atoms with Crippen LogP contribution < -0.4 is 10.6 Å². The first kappa shape index (κ1) is 27.4. The van der Waals surface area contributed by atoms with E-state index in [1.54, 1.807) is 0 Å². The predicted octanol–water partition coefficient (Wildman–Crippen LogP) is 4.53. The summed E-state index contributed by atoms with van der Waals surface area (Å²) < 4.78 is 5.16. The minimum Gasteiger partial charge on any atom is -0.460 e. The lowest BCUT2D eigenvalue weighted by molar-refractivity contribution is -0.385. The molecular weight excluding hydrogens is 528 g/mol. The summed E-state index contributed by atoms with van der Waals surface area (Å²) >= 11 is 1.34. The Hall–Kier alpha value is -4.65. The summed E-state index contributed by atoms with van der Waals surface area (Å²) in [6, 6.07) is 10.2. The summed E-state index contributed by atoms with van der Waals surface area (Å²) in [7, 11) is 0. The number of nitro groups is 2. The summed E-state index contributed by atoms with van der Waals surface area (Å²) in [5, 5.41) is 27.5. The second-order valence-electron chi connectivity index (χ2n) is 9.01. The molecule has 1 aliphatic rings. The molecule has 0 aliphatic heterocycles. The van der Waals surface area contributed by atoms with Gasteiger partial charge in [-0.05, 0) is 55.0 Å². The molecule has 2 amide bonds. The SMILES string of the molecule is CC1CCc2c(sc(NC(=O)c3ccc([N+](=O)[O-])cc3)c2C(=O)NCCOC(=O)c2ccc([N+](=O)[O-])cc2)C1. The number of nitro benzene ring substituents is 2. The van der Waals surface area contributed by atoms with Crippen LogP contribution in [0.1, 0.15) is 54.9 Å². The molecule has 0 radical (unpaired) electrons. The van der Waals surface area contributed by atoms with Gasteiger partial charge in [-0.3, -0.25) is 29.8 Å². The van der Waals surface area contributed by atoms with E-state index in [1.165, 1.54) is 59.9 Å². The molecule has 2 N–H and O–H groups in total. The van der Waals surface area contributed by atoms with E-state index in [2.05, 4.69) is 17.6 Å². The molecule has 0 fully saturated rings. The quantitative estimate of drug-likeness (QED) is 0.169. The van der Waals surface area contributed by atoms with Crippen molar-refractivity contribution in [3.63, 3.8) is 0 Å². The van der Waals surface area contributed by atoms with Gasteiger partial charge in [0.2, 0.25) is 0 Å². The van der Waals surface area contributed by atoms with Crippen LogP contribution in [0.3, 0.4) is 0 Å². The Labute approximate surface area is 226 Å². The van der Waals surface area contributed by atoms with E-state index < -0.39 is 27.6 Å². The van der Waals surface area contributed by atoms with E-state index in [1.807, 2.05) is 0 Å². The van der Waals surface area contributed by atoms with Gasteiger partial charge in [-0.15, -0.1) is 11.3 Å². The molecule has 39 heavy (non-hydrogen) atoms. The number of hydrogen-bond acceptors (Lipinski definition) is 9. The van der Waals surface area contributed by atoms with Gasteiger partial charge in [-0.1, -0.05) is 6.92 Å². The summed E-state index contributed by atoms with van der Waals surface area (Å²) in [5.74, 6) is -1.17. The van der Waals surface area contributed by atoms with E-state index in [-0.39, 0.29) is 35.7 Å². The number of esters is 1. The van der Waals surface area contributed by atoms with Gasteiger partial charge in [0.15, 0.2) is 0 Å². The molecule has 12 nitrogen and oxygen atoms in total. The van der Waals surface area contributed by atoms with Crippen molar-refractivity contribution in [3.05, 3.63) is 95.9 Å². The Morgan fingerprint density at radius 2 is 1.54 bits per heavy atom. The maximum Gasteiger partial charge on any atom is 0.338 e. The van der Waals surface area contributed by atoms with E-state index in [0.29, 0.717) is 22.9 Å². The van der Waals surface area contributed by atoms with Crippen molar-refractivity contribution in [1.29, 1.82) is 0 Å². The molecular formula is C26H24N4O8S. The zero-order valence-electron chi connectivity index (χ0n) is 20.8. The largest absolute Gasteiger partial charge is 0.460 e. The lowest BCUT2D eigenvalue weighted by Gasteiger charge is -2.18. The van der Waals surface area contributed by atoms with Gasteiger partial charge < -0.3 is 15.4 Å². The minimum atomic E-state index is -0.683. The summed E-state index contributed by atoms with van der Waals surface area (Å²) in [5.41, 5.74) is 1.30. The van der Waals surface area contributed by atoms with Crippen LogP contribution in [0.5, 0.6) is 0 Å². The molecule has 0 saturated heterocycles. The average molecular weight is 553 g/mol. The minimum absolute atomic E-state index is 0.00825. The number of rotatable bonds is 9. The van der Waals surface area contributed by atoms with Gasteiger partial charge in [0.25, 0.3) is 23.2 Å². The summed E-state index contributed by atoms with van der Waals surface area (Å²) in [6.07, 6.45) is 2.35. The molecule has 0 spiro atoms. The van der Waals surface area contributed by atoms with E-state index >= 15 is 0 Å². The Morgan fingerprint density at radius 3 is 2.13 bits per heavy atom. The van der Waals surface area contributed by atoms with E-state index in [9.17, 15) is 34.6 Å². The molecule has 1 unspecified atom stereocenters. The molecule has 0 saturated carbocycles. The van der Waals surface area contributed by atoms with Crippen LogP contribution in [0, 0.1) is 26.1 Å². The standard InChI is InChI=1S/C26H24N4O8S/c1-15-2-11-20-21(14-15)39-25(28-23(31)16-3-7-18(8-4-16)29(34)35)22(20)24(32)27-12-13-38-26(33)17-5-9-19(10-6-17)30(36)37/h3-10,15H,2,11-14H2,1H3,(H,27,32)(H,28,31). The molecule has 1 aliphatic carbocycles. The third-order valence-corrected chi connectivity index (χ3v) is 7.41. The molecule has 13 heteroatoms. The van der Waals surface area contributed by atoms with Crippen LogP contribution in [0.2, 0.25) is 0 Å². The van der Waals surface area contributed by atoms with Crippen molar-refractivity contribution in [2.45, 2.75) is 26.2 Å². The van der Waals surface area contributed by atoms with Crippen molar-refractivity contribution in [1.82, 2.24) is 5.32 Å². The van der Waals surface area contributed by atoms with Crippen molar-refractivity contribution in [2.75, 3.05) is 18.5 Å². The molecule has 202 valence electrons. The van der Waals surface area contributed by atoms with Crippen molar-refractivity contribution < 1.29 is 29.0 Å². The molecule has 1 atom stereocenters. The Bertz CT molecular complexity index is 1430. The van der Waals surface area contributed by atoms with Gasteiger partial charge in [0.1, 0.15) is 11.6 Å². The van der Waals surface area contributed by atoms with Crippen LogP contribution in [-0.4, -0.2) is 40.8 Å². The van der Waals surface area contributed by atoms with E-state index in [4.69, 9.17) is 4.74 Å². The number of benzene rings is 2. The number of hydrogen-bond donors (Lipinski definition) is 2. The number of carbonyl (C=O) groups is 3. The highest BCUT2D eigenvalue weighted by Crippen LogP contribution is 2.40. The van der Waals surface area contributed by atoms with Crippen LogP contribution in [-0.2, 0) is 17.6 Å². The molecule has 3 aromatic rings. The highest BCUT2D eigenvalue weighted by atomic mass is 32.1. The normalized spacial score (nSPS) is 14.1. The van der Waals surface area contributed by atoms with Crippen molar-refractivity contribution >= 4 is 45.5 Å². The van der Waals surface area contributed by atoms with Crippen LogP contribution in [0.15, 0.2) is 48.5 Å². The molecule has 4 rings (SSSR count). The van der Waals surface area contributed by atoms with E-state index in [0.717, 1.165) is 23.3 Å². The zero-order valence-corrected chi connectivity index (χ0v) is 21.6. The predicted molar refractivity (Wildman–Crippen MR) is 142 cm³/mol. The molecule has 1 aromatic heterocycles.